The van der Waals surface area contributed by atoms with E-state index in [1.807, 2.05) is 13.8 Å². The van der Waals surface area contributed by atoms with Crippen LogP contribution in [0.25, 0.3) is 0 Å². The van der Waals surface area contributed by atoms with Crippen LogP contribution in [0.15, 0.2) is 0 Å². The van der Waals surface area contributed by atoms with Crippen molar-refractivity contribution in [3.8, 4) is 0 Å². The number of halogens is 1. The number of carbonyl (C=O) groups is 1. The first kappa shape index (κ1) is 13.0. The highest BCUT2D eigenvalue weighted by molar-refractivity contribution is 9.09. The van der Waals surface area contributed by atoms with E-state index < -0.39 is 0 Å². The number of hydrogen-bond donors (Lipinski definition) is 1. The van der Waals surface area contributed by atoms with Crippen LogP contribution in [0.4, 0.5) is 0 Å². The average Bonchev–Trinajstić information content (AvgIpc) is 2.41. The maximum atomic E-state index is 12.1. The Balaban J connectivity index is 2.67. The third-order valence-corrected chi connectivity index (χ3v) is 5.48. The van der Waals surface area contributed by atoms with Gasteiger partial charge >= 0.3 is 0 Å². The fourth-order valence-corrected chi connectivity index (χ4v) is 2.43. The summed E-state index contributed by atoms with van der Waals surface area (Å²) in [6.07, 6.45) is 0. The normalized spacial score (nSPS) is 23.7. The summed E-state index contributed by atoms with van der Waals surface area (Å²) >= 11 is 3.41. The molecule has 1 fully saturated rings. The predicted molar refractivity (Wildman–Crippen MR) is 67.1 cm³/mol. The lowest BCUT2D eigenvalue weighted by Crippen LogP contribution is -2.46. The van der Waals surface area contributed by atoms with Crippen LogP contribution < -0.4 is 5.32 Å². The summed E-state index contributed by atoms with van der Waals surface area (Å²) in [5, 5.41) is 3.87. The Bertz CT molecular complexity index is 267. The van der Waals surface area contributed by atoms with Gasteiger partial charge in [-0.25, -0.2) is 0 Å². The van der Waals surface area contributed by atoms with Gasteiger partial charge < -0.3 is 5.32 Å². The standard InChI is InChI=1S/C12H22BrNO/c1-10(2,7-13)14-9(15)8-11(3,4)12(8,5)6/h8H,7H2,1-6H3,(H,14,15). The highest BCUT2D eigenvalue weighted by Gasteiger charge is 2.68. The third kappa shape index (κ3) is 2.08. The molecular weight excluding hydrogens is 254 g/mol. The zero-order valence-electron chi connectivity index (χ0n) is 10.6. The second-order valence-electron chi connectivity index (χ2n) is 6.38. The first-order valence-corrected chi connectivity index (χ1v) is 6.56. The molecule has 0 atom stereocenters. The lowest BCUT2D eigenvalue weighted by Gasteiger charge is -2.24. The second kappa shape index (κ2) is 3.47. The fourth-order valence-electron chi connectivity index (χ4n) is 2.29. The Morgan fingerprint density at radius 2 is 1.67 bits per heavy atom. The Hall–Kier alpha value is -0.0500. The molecule has 0 bridgehead atoms. The molecule has 0 aromatic carbocycles. The number of hydrogen-bond acceptors (Lipinski definition) is 1. The molecule has 1 N–H and O–H groups in total. The summed E-state index contributed by atoms with van der Waals surface area (Å²) < 4.78 is 0. The summed E-state index contributed by atoms with van der Waals surface area (Å²) in [7, 11) is 0. The molecule has 1 saturated carbocycles. The zero-order valence-corrected chi connectivity index (χ0v) is 12.2. The molecule has 1 rings (SSSR count). The van der Waals surface area contributed by atoms with Gasteiger partial charge in [0.1, 0.15) is 0 Å². The number of rotatable bonds is 3. The van der Waals surface area contributed by atoms with E-state index in [4.69, 9.17) is 0 Å². The Morgan fingerprint density at radius 1 is 1.27 bits per heavy atom. The van der Waals surface area contributed by atoms with E-state index in [0.29, 0.717) is 0 Å². The number of carbonyl (C=O) groups excluding carboxylic acids is 1. The summed E-state index contributed by atoms with van der Waals surface area (Å²) in [4.78, 5) is 12.1. The molecule has 88 valence electrons. The van der Waals surface area contributed by atoms with Crippen LogP contribution in [0.5, 0.6) is 0 Å². The molecule has 1 aliphatic rings. The van der Waals surface area contributed by atoms with E-state index in [0.717, 1.165) is 5.33 Å². The van der Waals surface area contributed by atoms with E-state index in [2.05, 4.69) is 48.9 Å². The van der Waals surface area contributed by atoms with Gasteiger partial charge in [-0.2, -0.15) is 0 Å². The van der Waals surface area contributed by atoms with Gasteiger partial charge in [-0.1, -0.05) is 43.6 Å². The minimum Gasteiger partial charge on any atom is -0.350 e. The number of nitrogens with one attached hydrogen (secondary N) is 1. The molecule has 0 aromatic rings. The molecule has 15 heavy (non-hydrogen) atoms. The van der Waals surface area contributed by atoms with Gasteiger partial charge in [-0.3, -0.25) is 4.79 Å². The van der Waals surface area contributed by atoms with Crippen LogP contribution >= 0.6 is 15.9 Å². The highest BCUT2D eigenvalue weighted by atomic mass is 79.9. The van der Waals surface area contributed by atoms with Crippen LogP contribution in [0, 0.1) is 16.7 Å². The van der Waals surface area contributed by atoms with Gasteiger partial charge in [0, 0.05) is 16.8 Å². The molecular formula is C12H22BrNO. The van der Waals surface area contributed by atoms with Crippen molar-refractivity contribution < 1.29 is 4.79 Å². The summed E-state index contributed by atoms with van der Waals surface area (Å²) in [5.74, 6) is 0.331. The number of alkyl halides is 1. The molecule has 3 heteroatoms. The lowest BCUT2D eigenvalue weighted by atomic mass is 10.0. The zero-order chi connectivity index (χ0) is 12.1. The van der Waals surface area contributed by atoms with Crippen molar-refractivity contribution in [3.63, 3.8) is 0 Å². The minimum absolute atomic E-state index is 0.124. The van der Waals surface area contributed by atoms with Crippen molar-refractivity contribution in [1.29, 1.82) is 0 Å². The van der Waals surface area contributed by atoms with Crippen molar-refractivity contribution in [2.45, 2.75) is 47.1 Å². The highest BCUT2D eigenvalue weighted by Crippen LogP contribution is 2.68. The van der Waals surface area contributed by atoms with Crippen LogP contribution in [0.1, 0.15) is 41.5 Å². The van der Waals surface area contributed by atoms with Crippen LogP contribution in [0.2, 0.25) is 0 Å². The van der Waals surface area contributed by atoms with Gasteiger partial charge in [-0.15, -0.1) is 0 Å². The maximum Gasteiger partial charge on any atom is 0.224 e. The smallest absolute Gasteiger partial charge is 0.224 e. The molecule has 1 aliphatic carbocycles. The van der Waals surface area contributed by atoms with Crippen LogP contribution in [-0.4, -0.2) is 16.8 Å². The SMILES string of the molecule is CC(C)(CBr)NC(=O)C1C(C)(C)C1(C)C. The molecule has 0 heterocycles. The monoisotopic (exact) mass is 275 g/mol. The van der Waals surface area contributed by atoms with Crippen molar-refractivity contribution in [2.75, 3.05) is 5.33 Å². The van der Waals surface area contributed by atoms with Crippen LogP contribution in [-0.2, 0) is 4.79 Å². The largest absolute Gasteiger partial charge is 0.350 e. The average molecular weight is 276 g/mol. The van der Waals surface area contributed by atoms with Gasteiger partial charge in [0.25, 0.3) is 0 Å². The first-order valence-electron chi connectivity index (χ1n) is 5.44. The summed E-state index contributed by atoms with van der Waals surface area (Å²) in [6, 6.07) is 0. The molecule has 0 unspecified atom stereocenters. The fraction of sp³-hybridized carbons (Fsp3) is 0.917. The third-order valence-electron chi connectivity index (χ3n) is 4.08. The maximum absolute atomic E-state index is 12.1. The van der Waals surface area contributed by atoms with Gasteiger partial charge in [0.2, 0.25) is 5.91 Å². The van der Waals surface area contributed by atoms with Gasteiger partial charge in [0.05, 0.1) is 0 Å². The van der Waals surface area contributed by atoms with Crippen molar-refractivity contribution in [3.05, 3.63) is 0 Å². The molecule has 0 saturated heterocycles. The second-order valence-corrected chi connectivity index (χ2v) is 6.94. The van der Waals surface area contributed by atoms with E-state index in [-0.39, 0.29) is 28.2 Å². The molecule has 0 aliphatic heterocycles. The van der Waals surface area contributed by atoms with Crippen LogP contribution in [0.3, 0.4) is 0 Å². The Kier molecular flexibility index (Phi) is 3.01. The predicted octanol–water partition coefficient (Wildman–Crippen LogP) is 2.96. The van der Waals surface area contributed by atoms with E-state index in [9.17, 15) is 4.79 Å². The lowest BCUT2D eigenvalue weighted by molar-refractivity contribution is -0.124. The summed E-state index contributed by atoms with van der Waals surface area (Å²) in [6.45, 7) is 12.7. The van der Waals surface area contributed by atoms with Gasteiger partial charge in [-0.05, 0) is 24.7 Å². The minimum atomic E-state index is -0.161. The van der Waals surface area contributed by atoms with Gasteiger partial charge in [0.15, 0.2) is 0 Å². The molecule has 1 amide bonds. The Morgan fingerprint density at radius 3 is 1.93 bits per heavy atom. The van der Waals surface area contributed by atoms with Crippen molar-refractivity contribution in [1.82, 2.24) is 5.32 Å². The quantitative estimate of drug-likeness (QED) is 0.789. The topological polar surface area (TPSA) is 29.1 Å². The van der Waals surface area contributed by atoms with E-state index in [1.165, 1.54) is 0 Å². The van der Waals surface area contributed by atoms with Crippen molar-refractivity contribution >= 4 is 21.8 Å². The van der Waals surface area contributed by atoms with Crippen molar-refractivity contribution in [2.24, 2.45) is 16.7 Å². The Labute approximate surface area is 101 Å². The molecule has 0 radical (unpaired) electrons. The first-order chi connectivity index (χ1) is 6.56. The number of amides is 1. The van der Waals surface area contributed by atoms with E-state index in [1.54, 1.807) is 0 Å². The summed E-state index contributed by atoms with van der Waals surface area (Å²) in [5.41, 5.74) is 0.0881. The molecule has 2 nitrogen and oxygen atoms in total. The molecule has 0 aromatic heterocycles. The molecule has 0 spiro atoms. The van der Waals surface area contributed by atoms with E-state index >= 15 is 0 Å².